The summed E-state index contributed by atoms with van der Waals surface area (Å²) >= 11 is 5.18. The highest BCUT2D eigenvalue weighted by Crippen LogP contribution is 2.19. The van der Waals surface area contributed by atoms with Crippen LogP contribution >= 0.6 is 11.6 Å². The van der Waals surface area contributed by atoms with Crippen LogP contribution in [0.3, 0.4) is 0 Å². The Hall–Kier alpha value is -1.27. The Labute approximate surface area is 104 Å². The summed E-state index contributed by atoms with van der Waals surface area (Å²) < 4.78 is 31.6. The zero-order chi connectivity index (χ0) is 12.9. The van der Waals surface area contributed by atoms with E-state index in [9.17, 15) is 13.2 Å². The molecular formula is C10H11ClO5S. The van der Waals surface area contributed by atoms with Gasteiger partial charge in [0.25, 0.3) is 0 Å². The van der Waals surface area contributed by atoms with E-state index in [4.69, 9.17) is 16.3 Å². The monoisotopic (exact) mass is 278 g/mol. The van der Waals surface area contributed by atoms with E-state index in [0.29, 0.717) is 5.75 Å². The highest BCUT2D eigenvalue weighted by Gasteiger charge is 2.10. The third kappa shape index (κ3) is 4.62. The fraction of sp³-hybridized carbons (Fsp3) is 0.300. The Kier molecular flexibility index (Phi) is 4.77. The van der Waals surface area contributed by atoms with Crippen LogP contribution in [-0.2, 0) is 14.9 Å². The molecule has 1 aromatic rings. The van der Waals surface area contributed by atoms with Gasteiger partial charge in [-0.2, -0.15) is 8.42 Å². The first-order chi connectivity index (χ1) is 7.96. The van der Waals surface area contributed by atoms with Gasteiger partial charge in [-0.25, -0.2) is 0 Å². The van der Waals surface area contributed by atoms with Gasteiger partial charge in [0.2, 0.25) is 0 Å². The first kappa shape index (κ1) is 13.8. The van der Waals surface area contributed by atoms with Crippen molar-refractivity contribution in [3.05, 3.63) is 24.3 Å². The van der Waals surface area contributed by atoms with Gasteiger partial charge in [-0.05, 0) is 24.3 Å². The van der Waals surface area contributed by atoms with Crippen molar-refractivity contribution in [2.45, 2.75) is 13.3 Å². The minimum absolute atomic E-state index is 0.113. The highest BCUT2D eigenvalue weighted by molar-refractivity contribution is 7.88. The molecule has 0 aliphatic heterocycles. The number of hydrogen-bond acceptors (Lipinski definition) is 5. The van der Waals surface area contributed by atoms with Crippen LogP contribution in [0, 0.1) is 0 Å². The second-order valence-corrected chi connectivity index (χ2v) is 5.20. The molecule has 0 bridgehead atoms. The van der Waals surface area contributed by atoms with Crippen molar-refractivity contribution in [2.75, 3.05) is 5.21 Å². The van der Waals surface area contributed by atoms with E-state index in [-0.39, 0.29) is 18.1 Å². The average molecular weight is 279 g/mol. The summed E-state index contributed by atoms with van der Waals surface area (Å²) in [6.07, 6.45) is 0.263. The van der Waals surface area contributed by atoms with Crippen LogP contribution < -0.4 is 8.92 Å². The van der Waals surface area contributed by atoms with Gasteiger partial charge >= 0.3 is 16.1 Å². The zero-order valence-corrected chi connectivity index (χ0v) is 10.6. The van der Waals surface area contributed by atoms with E-state index >= 15 is 0 Å². The summed E-state index contributed by atoms with van der Waals surface area (Å²) in [6, 6.07) is 5.63. The summed E-state index contributed by atoms with van der Waals surface area (Å²) in [4.78, 5) is 11.0. The molecule has 0 unspecified atom stereocenters. The van der Waals surface area contributed by atoms with Crippen LogP contribution in [0.1, 0.15) is 13.3 Å². The van der Waals surface area contributed by atoms with Crippen LogP contribution in [0.25, 0.3) is 0 Å². The molecule has 5 nitrogen and oxygen atoms in total. The average Bonchev–Trinajstić information content (AvgIpc) is 2.31. The van der Waals surface area contributed by atoms with Crippen molar-refractivity contribution in [2.24, 2.45) is 0 Å². The quantitative estimate of drug-likeness (QED) is 0.356. The number of rotatable bonds is 5. The third-order valence-electron chi connectivity index (χ3n) is 1.70. The molecule has 0 saturated heterocycles. The number of halogens is 1. The van der Waals surface area contributed by atoms with Crippen LogP contribution in [0.2, 0.25) is 0 Å². The first-order valence-electron chi connectivity index (χ1n) is 4.75. The predicted octanol–water partition coefficient (Wildman–Crippen LogP) is 1.91. The number of alkyl halides is 1. The molecular weight excluding hydrogens is 268 g/mol. The Morgan fingerprint density at radius 1 is 1.24 bits per heavy atom. The van der Waals surface area contributed by atoms with Crippen LogP contribution in [0.15, 0.2) is 24.3 Å². The van der Waals surface area contributed by atoms with E-state index < -0.39 is 15.3 Å². The number of carbonyl (C=O) groups is 1. The maximum absolute atomic E-state index is 11.0. The van der Waals surface area contributed by atoms with Crippen molar-refractivity contribution in [1.29, 1.82) is 0 Å². The van der Waals surface area contributed by atoms with Gasteiger partial charge in [-0.15, -0.1) is 11.6 Å². The summed E-state index contributed by atoms with van der Waals surface area (Å²) in [5.41, 5.74) is 0. The molecule has 1 rings (SSSR count). The van der Waals surface area contributed by atoms with Crippen LogP contribution in [0.4, 0.5) is 0 Å². The summed E-state index contributed by atoms with van der Waals surface area (Å²) in [6.45, 7) is 1.67. The third-order valence-corrected chi connectivity index (χ3v) is 3.22. The molecule has 1 aromatic carbocycles. The van der Waals surface area contributed by atoms with Gasteiger partial charge in [0.15, 0.2) is 5.21 Å². The lowest BCUT2D eigenvalue weighted by Gasteiger charge is -2.05. The van der Waals surface area contributed by atoms with Gasteiger partial charge in [0, 0.05) is 6.42 Å². The fourth-order valence-electron chi connectivity index (χ4n) is 0.936. The van der Waals surface area contributed by atoms with E-state index in [1.807, 2.05) is 0 Å². The Morgan fingerprint density at radius 3 is 2.24 bits per heavy atom. The molecule has 7 heteroatoms. The smallest absolute Gasteiger partial charge is 0.323 e. The minimum Gasteiger partial charge on any atom is -0.427 e. The molecule has 0 saturated carbocycles. The summed E-state index contributed by atoms with van der Waals surface area (Å²) in [5, 5.41) is -0.625. The molecule has 0 radical (unpaired) electrons. The number of benzene rings is 1. The molecule has 0 amide bonds. The molecule has 0 spiro atoms. The molecule has 0 atom stereocenters. The number of ether oxygens (including phenoxy) is 1. The summed E-state index contributed by atoms with van der Waals surface area (Å²) in [5.74, 6) is 0.0708. The normalized spacial score (nSPS) is 10.9. The molecule has 17 heavy (non-hydrogen) atoms. The second kappa shape index (κ2) is 5.88. The highest BCUT2D eigenvalue weighted by atomic mass is 35.5. The first-order valence-corrected chi connectivity index (χ1v) is 6.87. The van der Waals surface area contributed by atoms with E-state index in [2.05, 4.69) is 4.18 Å². The predicted molar refractivity (Wildman–Crippen MR) is 62.6 cm³/mol. The summed E-state index contributed by atoms with van der Waals surface area (Å²) in [7, 11) is -3.76. The van der Waals surface area contributed by atoms with E-state index in [1.165, 1.54) is 24.3 Å². The second-order valence-electron chi connectivity index (χ2n) is 3.05. The molecule has 0 heterocycles. The number of carbonyl (C=O) groups excluding carboxylic acids is 1. The van der Waals surface area contributed by atoms with Crippen molar-refractivity contribution in [3.8, 4) is 11.5 Å². The lowest BCUT2D eigenvalue weighted by molar-refractivity contribution is -0.134. The van der Waals surface area contributed by atoms with Crippen molar-refractivity contribution >= 4 is 27.7 Å². The Bertz CT molecular complexity index is 480. The van der Waals surface area contributed by atoms with Crippen LogP contribution in [0.5, 0.6) is 11.5 Å². The largest absolute Gasteiger partial charge is 0.427 e. The van der Waals surface area contributed by atoms with Gasteiger partial charge in [-0.3, -0.25) is 4.79 Å². The number of hydrogen-bond donors (Lipinski definition) is 0. The van der Waals surface area contributed by atoms with Crippen molar-refractivity contribution in [1.82, 2.24) is 0 Å². The number of esters is 1. The molecule has 0 N–H and O–H groups in total. The lowest BCUT2D eigenvalue weighted by Crippen LogP contribution is -2.10. The van der Waals surface area contributed by atoms with Gasteiger partial charge in [0.1, 0.15) is 11.5 Å². The maximum Gasteiger partial charge on any atom is 0.323 e. The Balaban J connectivity index is 2.72. The van der Waals surface area contributed by atoms with Gasteiger partial charge < -0.3 is 8.92 Å². The standard InChI is InChI=1S/C10H11ClO5S/c1-2-10(12)15-8-3-5-9(6-4-8)16-17(13,14)7-11/h3-6H,2,7H2,1H3. The molecule has 0 aliphatic carbocycles. The molecule has 0 aliphatic rings. The van der Waals surface area contributed by atoms with Crippen molar-refractivity contribution < 1.29 is 22.1 Å². The van der Waals surface area contributed by atoms with Crippen LogP contribution in [-0.4, -0.2) is 19.6 Å². The lowest BCUT2D eigenvalue weighted by atomic mass is 10.3. The van der Waals surface area contributed by atoms with Gasteiger partial charge in [0.05, 0.1) is 0 Å². The van der Waals surface area contributed by atoms with E-state index in [1.54, 1.807) is 6.92 Å². The SMILES string of the molecule is CCC(=O)Oc1ccc(OS(=O)(=O)CCl)cc1. The molecule has 0 aromatic heterocycles. The van der Waals surface area contributed by atoms with Crippen molar-refractivity contribution in [3.63, 3.8) is 0 Å². The fourth-order valence-corrected chi connectivity index (χ4v) is 1.52. The van der Waals surface area contributed by atoms with E-state index in [0.717, 1.165) is 0 Å². The topological polar surface area (TPSA) is 69.7 Å². The molecule has 94 valence electrons. The minimum atomic E-state index is -3.76. The Morgan fingerprint density at radius 2 is 1.76 bits per heavy atom. The molecule has 0 fully saturated rings. The zero-order valence-electron chi connectivity index (χ0n) is 9.05. The van der Waals surface area contributed by atoms with Gasteiger partial charge in [-0.1, -0.05) is 6.92 Å². The maximum atomic E-state index is 11.0.